The van der Waals surface area contributed by atoms with Crippen molar-refractivity contribution in [2.24, 2.45) is 13.0 Å². The van der Waals surface area contributed by atoms with E-state index < -0.39 is 0 Å². The Morgan fingerprint density at radius 3 is 2.78 bits per heavy atom. The van der Waals surface area contributed by atoms with Crippen LogP contribution in [0.25, 0.3) is 11.2 Å². The van der Waals surface area contributed by atoms with Crippen LogP contribution in [0.4, 0.5) is 16.2 Å². The molecule has 0 unspecified atom stereocenters. The van der Waals surface area contributed by atoms with Crippen molar-refractivity contribution < 1.29 is 13.9 Å². The van der Waals surface area contributed by atoms with Crippen LogP contribution >= 0.6 is 0 Å². The molecule has 0 radical (unpaired) electrons. The molecule has 5 heterocycles. The number of hydrogen-bond donors (Lipinski definition) is 1. The first-order chi connectivity index (χ1) is 19.5. The number of anilines is 2. The lowest BCUT2D eigenvalue weighted by molar-refractivity contribution is -0.116. The van der Waals surface area contributed by atoms with Crippen LogP contribution in [0.15, 0.2) is 30.6 Å². The fraction of sp³-hybridized carbons (Fsp3) is 0.500. The second kappa shape index (κ2) is 11.6. The smallest absolute Gasteiger partial charge is 0.210 e. The van der Waals surface area contributed by atoms with Gasteiger partial charge in [-0.05, 0) is 38.8 Å². The molecule has 1 aliphatic rings. The summed E-state index contributed by atoms with van der Waals surface area (Å²) in [5.41, 5.74) is 4.03. The summed E-state index contributed by atoms with van der Waals surface area (Å²) >= 11 is 0. The van der Waals surface area contributed by atoms with E-state index in [1.807, 2.05) is 18.5 Å². The number of ketones is 1. The van der Waals surface area contributed by atoms with Gasteiger partial charge in [0.05, 0.1) is 17.4 Å². The Morgan fingerprint density at radius 2 is 2.05 bits per heavy atom. The summed E-state index contributed by atoms with van der Waals surface area (Å²) in [6, 6.07) is 5.62. The predicted octanol–water partition coefficient (Wildman–Crippen LogP) is 5.12. The first-order valence-electron chi connectivity index (χ1n) is 14.1. The average molecular weight is 563 g/mol. The summed E-state index contributed by atoms with van der Waals surface area (Å²) in [6.07, 6.45) is 4.61. The van der Waals surface area contributed by atoms with Gasteiger partial charge in [-0.2, -0.15) is 10.1 Å². The SMILES string of the molecule is CC(=O)Cc1cc(Oc2cnc3nc(Nc4cc(C(C)(C)C)n(C[C@@H]5CCN(CCF)C5)n4)n(C)c3c2C)ccn1. The summed E-state index contributed by atoms with van der Waals surface area (Å²) in [6.45, 7) is 12.9. The van der Waals surface area contributed by atoms with Crippen molar-refractivity contribution in [3.05, 3.63) is 47.5 Å². The molecule has 0 spiro atoms. The quantitative estimate of drug-likeness (QED) is 0.284. The zero-order valence-corrected chi connectivity index (χ0v) is 24.7. The van der Waals surface area contributed by atoms with Gasteiger partial charge in [0.2, 0.25) is 5.95 Å². The zero-order chi connectivity index (χ0) is 29.3. The Balaban J connectivity index is 1.38. The highest BCUT2D eigenvalue weighted by Crippen LogP contribution is 2.33. The largest absolute Gasteiger partial charge is 0.455 e. The fourth-order valence-corrected chi connectivity index (χ4v) is 5.50. The Bertz CT molecular complexity index is 1550. The summed E-state index contributed by atoms with van der Waals surface area (Å²) in [5.74, 6) is 3.02. The minimum absolute atomic E-state index is 0.0436. The number of carbonyl (C=O) groups is 1. The Kier molecular flexibility index (Phi) is 8.08. The molecule has 0 bridgehead atoms. The minimum atomic E-state index is -0.304. The number of aromatic nitrogens is 6. The number of fused-ring (bicyclic) bond motifs is 1. The van der Waals surface area contributed by atoms with Crippen molar-refractivity contribution in [1.82, 2.24) is 34.2 Å². The number of ether oxygens (including phenoxy) is 1. The van der Waals surface area contributed by atoms with Gasteiger partial charge in [-0.1, -0.05) is 20.8 Å². The molecule has 218 valence electrons. The molecule has 11 heteroatoms. The van der Waals surface area contributed by atoms with Gasteiger partial charge in [0.15, 0.2) is 17.2 Å². The van der Waals surface area contributed by atoms with Gasteiger partial charge in [-0.3, -0.25) is 14.5 Å². The summed E-state index contributed by atoms with van der Waals surface area (Å²) < 4.78 is 23.0. The molecule has 5 rings (SSSR count). The van der Waals surface area contributed by atoms with Gasteiger partial charge >= 0.3 is 0 Å². The highest BCUT2D eigenvalue weighted by Gasteiger charge is 2.27. The van der Waals surface area contributed by atoms with E-state index in [0.29, 0.717) is 41.3 Å². The van der Waals surface area contributed by atoms with Gasteiger partial charge in [0, 0.05) is 68.1 Å². The number of imidazole rings is 1. The number of carbonyl (C=O) groups excluding carboxylic acids is 1. The Morgan fingerprint density at radius 1 is 1.24 bits per heavy atom. The molecular formula is C30H39FN8O2. The maximum Gasteiger partial charge on any atom is 0.210 e. The lowest BCUT2D eigenvalue weighted by Crippen LogP contribution is -2.26. The number of alkyl halides is 1. The molecule has 0 amide bonds. The lowest BCUT2D eigenvalue weighted by Gasteiger charge is -2.22. The zero-order valence-electron chi connectivity index (χ0n) is 24.7. The second-order valence-corrected chi connectivity index (χ2v) is 12.0. The molecule has 4 aromatic rings. The standard InChI is InChI=1S/C30H39FN8O2/c1-19(40)13-22-14-23(7-10-32-22)41-24-16-33-28-27(20(24)2)37(6)29(35-28)34-26-15-25(30(3,4)5)39(36-26)18-21-8-11-38(17-21)12-9-31/h7,10,14-16,21H,8-9,11-13,17-18H2,1-6H3,(H,33,34,35,36)/t21-/m1/s1. The van der Waals surface area contributed by atoms with E-state index in [4.69, 9.17) is 14.8 Å². The molecule has 1 atom stereocenters. The van der Waals surface area contributed by atoms with Crippen LogP contribution in [-0.4, -0.2) is 66.3 Å². The second-order valence-electron chi connectivity index (χ2n) is 12.0. The minimum Gasteiger partial charge on any atom is -0.455 e. The van der Waals surface area contributed by atoms with Crippen molar-refractivity contribution in [1.29, 1.82) is 0 Å². The van der Waals surface area contributed by atoms with E-state index in [2.05, 4.69) is 51.7 Å². The number of likely N-dealkylation sites (tertiary alicyclic amines) is 1. The van der Waals surface area contributed by atoms with Crippen molar-refractivity contribution in [2.75, 3.05) is 31.6 Å². The number of halogens is 1. The third-order valence-electron chi connectivity index (χ3n) is 7.54. The molecule has 0 saturated carbocycles. The number of nitrogens with zero attached hydrogens (tertiary/aromatic N) is 7. The number of aryl methyl sites for hydroxylation is 2. The van der Waals surface area contributed by atoms with Crippen molar-refractivity contribution in [3.8, 4) is 11.5 Å². The fourth-order valence-electron chi connectivity index (χ4n) is 5.50. The topological polar surface area (TPSA) is 103 Å². The van der Waals surface area contributed by atoms with Crippen molar-refractivity contribution >= 4 is 28.7 Å². The van der Waals surface area contributed by atoms with Crippen LogP contribution in [0.2, 0.25) is 0 Å². The number of Topliss-reactive ketones (excluding diaryl/α,β-unsaturated/α-hetero) is 1. The van der Waals surface area contributed by atoms with Gasteiger partial charge in [-0.25, -0.2) is 9.37 Å². The number of hydrogen-bond acceptors (Lipinski definition) is 8. The van der Waals surface area contributed by atoms with Gasteiger partial charge in [0.25, 0.3) is 0 Å². The first kappa shape index (κ1) is 28.7. The number of pyridine rings is 2. The van der Waals surface area contributed by atoms with Crippen LogP contribution in [0, 0.1) is 12.8 Å². The monoisotopic (exact) mass is 562 g/mol. The van der Waals surface area contributed by atoms with Crippen molar-refractivity contribution in [3.63, 3.8) is 0 Å². The van der Waals surface area contributed by atoms with Crippen LogP contribution in [0.1, 0.15) is 51.1 Å². The summed E-state index contributed by atoms with van der Waals surface area (Å²) in [5, 5.41) is 8.34. The van der Waals surface area contributed by atoms with E-state index in [9.17, 15) is 9.18 Å². The first-order valence-corrected chi connectivity index (χ1v) is 14.1. The van der Waals surface area contributed by atoms with Gasteiger partial charge < -0.3 is 19.5 Å². The molecule has 1 aliphatic heterocycles. The van der Waals surface area contributed by atoms with E-state index in [1.54, 1.807) is 31.5 Å². The molecule has 0 aliphatic carbocycles. The van der Waals surface area contributed by atoms with E-state index >= 15 is 0 Å². The maximum absolute atomic E-state index is 12.8. The average Bonchev–Trinajstić information content (AvgIpc) is 3.59. The lowest BCUT2D eigenvalue weighted by atomic mass is 9.92. The highest BCUT2D eigenvalue weighted by atomic mass is 19.1. The van der Waals surface area contributed by atoms with Crippen molar-refractivity contribution in [2.45, 2.75) is 59.4 Å². The summed E-state index contributed by atoms with van der Waals surface area (Å²) in [4.78, 5) is 27.3. The van der Waals surface area contributed by atoms with Gasteiger partial charge in [-0.15, -0.1) is 0 Å². The Hall–Kier alpha value is -3.86. The van der Waals surface area contributed by atoms with Crippen LogP contribution < -0.4 is 10.1 Å². The third-order valence-corrected chi connectivity index (χ3v) is 7.54. The molecule has 1 fully saturated rings. The van der Waals surface area contributed by atoms with Crippen LogP contribution in [0.3, 0.4) is 0 Å². The summed E-state index contributed by atoms with van der Waals surface area (Å²) in [7, 11) is 1.94. The normalized spacial score (nSPS) is 16.0. The number of nitrogens with one attached hydrogen (secondary N) is 1. The molecule has 4 aromatic heterocycles. The molecular weight excluding hydrogens is 523 g/mol. The molecule has 41 heavy (non-hydrogen) atoms. The van der Waals surface area contributed by atoms with Gasteiger partial charge in [0.1, 0.15) is 18.2 Å². The van der Waals surface area contributed by atoms with Crippen LogP contribution in [0.5, 0.6) is 11.5 Å². The van der Waals surface area contributed by atoms with E-state index in [0.717, 1.165) is 48.6 Å². The number of rotatable bonds is 10. The highest BCUT2D eigenvalue weighted by molar-refractivity contribution is 5.81. The predicted molar refractivity (Wildman–Crippen MR) is 157 cm³/mol. The molecule has 1 N–H and O–H groups in total. The third kappa shape index (κ3) is 6.40. The van der Waals surface area contributed by atoms with Crippen LogP contribution in [-0.2, 0) is 30.2 Å². The Labute approximate surface area is 239 Å². The van der Waals surface area contributed by atoms with E-state index in [1.165, 1.54) is 0 Å². The van der Waals surface area contributed by atoms with E-state index in [-0.39, 0.29) is 24.3 Å². The molecule has 10 nitrogen and oxygen atoms in total. The maximum atomic E-state index is 12.8. The molecule has 0 aromatic carbocycles. The molecule has 1 saturated heterocycles.